The van der Waals surface area contributed by atoms with Crippen LogP contribution in [-0.4, -0.2) is 30.8 Å². The van der Waals surface area contributed by atoms with Crippen LogP contribution < -0.4 is 5.32 Å². The summed E-state index contributed by atoms with van der Waals surface area (Å²) in [6.45, 7) is 1.49. The molecule has 23 heavy (non-hydrogen) atoms. The fraction of sp³-hybridized carbons (Fsp3) is 0.167. The van der Waals surface area contributed by atoms with Crippen molar-refractivity contribution in [2.24, 2.45) is 0 Å². The summed E-state index contributed by atoms with van der Waals surface area (Å²) in [5.41, 5.74) is 1.34. The first kappa shape index (κ1) is 16.4. The third-order valence-electron chi connectivity index (χ3n) is 3.32. The Kier molecular flexibility index (Phi) is 5.25. The highest BCUT2D eigenvalue weighted by molar-refractivity contribution is 6.09. The van der Waals surface area contributed by atoms with E-state index < -0.39 is 12.1 Å². The van der Waals surface area contributed by atoms with Crippen molar-refractivity contribution >= 4 is 17.7 Å². The van der Waals surface area contributed by atoms with E-state index in [1.54, 1.807) is 36.4 Å². The van der Waals surface area contributed by atoms with E-state index in [2.05, 4.69) is 5.32 Å². The van der Waals surface area contributed by atoms with Gasteiger partial charge in [0.15, 0.2) is 11.9 Å². The molecular weight excluding hydrogens is 294 g/mol. The second-order valence-electron chi connectivity index (χ2n) is 4.93. The Bertz CT molecular complexity index is 708. The standard InChI is InChI=1S/C18H17NO4/c1-12(17(21)19-2)23-18(22)15-10-8-14(9-11-15)16(20)13-6-4-3-5-7-13/h3-12H,1-2H3,(H,19,21). The normalized spacial score (nSPS) is 11.4. The van der Waals surface area contributed by atoms with Crippen LogP contribution >= 0.6 is 0 Å². The molecule has 0 aliphatic carbocycles. The van der Waals surface area contributed by atoms with Gasteiger partial charge in [0.2, 0.25) is 0 Å². The molecule has 118 valence electrons. The molecule has 2 aromatic rings. The molecule has 2 rings (SSSR count). The van der Waals surface area contributed by atoms with Crippen LogP contribution in [0.1, 0.15) is 33.2 Å². The van der Waals surface area contributed by atoms with Crippen LogP contribution in [0.25, 0.3) is 0 Å². The number of ketones is 1. The van der Waals surface area contributed by atoms with Gasteiger partial charge in [0.1, 0.15) is 0 Å². The Labute approximate surface area is 134 Å². The van der Waals surface area contributed by atoms with E-state index in [0.717, 1.165) is 0 Å². The molecular formula is C18H17NO4. The van der Waals surface area contributed by atoms with Crippen LogP contribution in [0.5, 0.6) is 0 Å². The third-order valence-corrected chi connectivity index (χ3v) is 3.32. The van der Waals surface area contributed by atoms with Crippen LogP contribution in [0.3, 0.4) is 0 Å². The molecule has 0 bridgehead atoms. The fourth-order valence-electron chi connectivity index (χ4n) is 2.00. The number of esters is 1. The number of hydrogen-bond donors (Lipinski definition) is 1. The van der Waals surface area contributed by atoms with Gasteiger partial charge in [-0.3, -0.25) is 9.59 Å². The minimum absolute atomic E-state index is 0.121. The molecule has 0 spiro atoms. The number of carbonyl (C=O) groups excluding carboxylic acids is 3. The van der Waals surface area contributed by atoms with Gasteiger partial charge in [0.05, 0.1) is 5.56 Å². The lowest BCUT2D eigenvalue weighted by Crippen LogP contribution is -2.33. The fourth-order valence-corrected chi connectivity index (χ4v) is 2.00. The largest absolute Gasteiger partial charge is 0.449 e. The molecule has 0 saturated heterocycles. The summed E-state index contributed by atoms with van der Waals surface area (Å²) in [5.74, 6) is -1.11. The van der Waals surface area contributed by atoms with Crippen molar-refractivity contribution in [2.45, 2.75) is 13.0 Å². The van der Waals surface area contributed by atoms with Crippen LogP contribution in [-0.2, 0) is 9.53 Å². The minimum atomic E-state index is -0.877. The predicted octanol–water partition coefficient (Wildman–Crippen LogP) is 2.21. The minimum Gasteiger partial charge on any atom is -0.449 e. The average molecular weight is 311 g/mol. The Morgan fingerprint density at radius 3 is 1.96 bits per heavy atom. The summed E-state index contributed by atoms with van der Waals surface area (Å²) in [6, 6.07) is 15.0. The molecule has 1 unspecified atom stereocenters. The van der Waals surface area contributed by atoms with Crippen LogP contribution in [0, 0.1) is 0 Å². The smallest absolute Gasteiger partial charge is 0.338 e. The molecule has 0 radical (unpaired) electrons. The van der Waals surface area contributed by atoms with Gasteiger partial charge in [-0.05, 0) is 19.1 Å². The maximum atomic E-state index is 12.3. The first-order valence-electron chi connectivity index (χ1n) is 7.15. The van der Waals surface area contributed by atoms with Gasteiger partial charge in [-0.25, -0.2) is 4.79 Å². The zero-order chi connectivity index (χ0) is 16.8. The van der Waals surface area contributed by atoms with E-state index in [-0.39, 0.29) is 17.3 Å². The topological polar surface area (TPSA) is 72.5 Å². The van der Waals surface area contributed by atoms with Gasteiger partial charge >= 0.3 is 5.97 Å². The maximum Gasteiger partial charge on any atom is 0.338 e. The lowest BCUT2D eigenvalue weighted by molar-refractivity contribution is -0.128. The summed E-state index contributed by atoms with van der Waals surface area (Å²) in [4.78, 5) is 35.5. The van der Waals surface area contributed by atoms with E-state index in [9.17, 15) is 14.4 Å². The molecule has 1 amide bonds. The quantitative estimate of drug-likeness (QED) is 0.679. The van der Waals surface area contributed by atoms with Gasteiger partial charge in [0, 0.05) is 18.2 Å². The van der Waals surface area contributed by atoms with Crippen LogP contribution in [0.2, 0.25) is 0 Å². The van der Waals surface area contributed by atoms with Crippen LogP contribution in [0.4, 0.5) is 0 Å². The van der Waals surface area contributed by atoms with E-state index >= 15 is 0 Å². The lowest BCUT2D eigenvalue weighted by Gasteiger charge is -2.11. The SMILES string of the molecule is CNC(=O)C(C)OC(=O)c1ccc(C(=O)c2ccccc2)cc1. The summed E-state index contributed by atoms with van der Waals surface area (Å²) in [6.07, 6.45) is -0.877. The maximum absolute atomic E-state index is 12.3. The number of benzene rings is 2. The second kappa shape index (κ2) is 7.35. The molecule has 0 aliphatic heterocycles. The molecule has 0 heterocycles. The number of carbonyl (C=O) groups is 3. The predicted molar refractivity (Wildman–Crippen MR) is 85.3 cm³/mol. The third kappa shape index (κ3) is 4.03. The first-order chi connectivity index (χ1) is 11.0. The molecule has 2 aromatic carbocycles. The summed E-state index contributed by atoms with van der Waals surface area (Å²) in [7, 11) is 1.47. The zero-order valence-corrected chi connectivity index (χ0v) is 12.9. The van der Waals surface area contributed by atoms with Crippen molar-refractivity contribution in [3.05, 3.63) is 71.3 Å². The van der Waals surface area contributed by atoms with Crippen molar-refractivity contribution in [3.8, 4) is 0 Å². The van der Waals surface area contributed by atoms with E-state index in [1.165, 1.54) is 26.1 Å². The summed E-state index contributed by atoms with van der Waals surface area (Å²) in [5, 5.41) is 2.40. The van der Waals surface area contributed by atoms with E-state index in [1.807, 2.05) is 6.07 Å². The Hall–Kier alpha value is -2.95. The molecule has 0 fully saturated rings. The highest BCUT2D eigenvalue weighted by atomic mass is 16.5. The van der Waals surface area contributed by atoms with Crippen LogP contribution in [0.15, 0.2) is 54.6 Å². The van der Waals surface area contributed by atoms with Gasteiger partial charge in [-0.15, -0.1) is 0 Å². The van der Waals surface area contributed by atoms with Crippen molar-refractivity contribution in [1.29, 1.82) is 0 Å². The van der Waals surface area contributed by atoms with Crippen molar-refractivity contribution < 1.29 is 19.1 Å². The Morgan fingerprint density at radius 1 is 0.870 bits per heavy atom. The Morgan fingerprint density at radius 2 is 1.39 bits per heavy atom. The highest BCUT2D eigenvalue weighted by Gasteiger charge is 2.18. The van der Waals surface area contributed by atoms with E-state index in [4.69, 9.17) is 4.74 Å². The number of nitrogens with one attached hydrogen (secondary N) is 1. The second-order valence-corrected chi connectivity index (χ2v) is 4.93. The number of ether oxygens (including phenoxy) is 1. The molecule has 0 saturated carbocycles. The number of hydrogen-bond acceptors (Lipinski definition) is 4. The molecule has 0 aromatic heterocycles. The number of likely N-dealkylation sites (N-methyl/N-ethyl adjacent to an activating group) is 1. The summed E-state index contributed by atoms with van der Waals surface area (Å²) < 4.78 is 5.04. The van der Waals surface area contributed by atoms with Gasteiger partial charge in [-0.1, -0.05) is 42.5 Å². The van der Waals surface area contributed by atoms with Gasteiger partial charge in [0.25, 0.3) is 5.91 Å². The van der Waals surface area contributed by atoms with Crippen molar-refractivity contribution in [3.63, 3.8) is 0 Å². The van der Waals surface area contributed by atoms with Crippen molar-refractivity contribution in [1.82, 2.24) is 5.32 Å². The molecule has 5 heteroatoms. The first-order valence-corrected chi connectivity index (χ1v) is 7.15. The number of amides is 1. The molecule has 1 atom stereocenters. The van der Waals surface area contributed by atoms with Gasteiger partial charge < -0.3 is 10.1 Å². The van der Waals surface area contributed by atoms with Gasteiger partial charge in [-0.2, -0.15) is 0 Å². The Balaban J connectivity index is 2.09. The lowest BCUT2D eigenvalue weighted by atomic mass is 10.0. The summed E-state index contributed by atoms with van der Waals surface area (Å²) >= 11 is 0. The van der Waals surface area contributed by atoms with Crippen molar-refractivity contribution in [2.75, 3.05) is 7.05 Å². The molecule has 1 N–H and O–H groups in total. The average Bonchev–Trinajstić information content (AvgIpc) is 2.61. The van der Waals surface area contributed by atoms with E-state index in [0.29, 0.717) is 11.1 Å². The number of rotatable bonds is 5. The molecule has 5 nitrogen and oxygen atoms in total. The monoisotopic (exact) mass is 311 g/mol. The molecule has 0 aliphatic rings. The highest BCUT2D eigenvalue weighted by Crippen LogP contribution is 2.12. The zero-order valence-electron chi connectivity index (χ0n) is 12.9.